The first-order valence-electron chi connectivity index (χ1n) is 3.70. The summed E-state index contributed by atoms with van der Waals surface area (Å²) in [7, 11) is 0. The molecule has 2 N–H and O–H groups in total. The fraction of sp³-hybridized carbons (Fsp3) is 0.333. The van der Waals surface area contributed by atoms with Crippen molar-refractivity contribution in [1.29, 1.82) is 0 Å². The normalized spacial score (nSPS) is 11.8. The molecule has 0 aliphatic rings. The fourth-order valence-corrected chi connectivity index (χ4v) is 0.989. The summed E-state index contributed by atoms with van der Waals surface area (Å²) in [5.41, 5.74) is 5.97. The maximum Gasteiger partial charge on any atom is 0.206 e. The van der Waals surface area contributed by atoms with Crippen molar-refractivity contribution < 1.29 is 0 Å². The summed E-state index contributed by atoms with van der Waals surface area (Å²) in [5.74, 6) is -0.868. The second kappa shape index (κ2) is 2.63. The van der Waals surface area contributed by atoms with E-state index in [-0.39, 0.29) is 0 Å². The molecule has 0 spiro atoms. The quantitative estimate of drug-likeness (QED) is 0.639. The van der Waals surface area contributed by atoms with Crippen LogP contribution in [0.15, 0.2) is 25.3 Å². The molecule has 0 aliphatic heterocycles. The Balaban J connectivity index is 2.42. The topological polar surface area (TPSA) is 87.4 Å². The molecule has 0 unspecified atom stereocenters. The third-order valence-corrected chi connectivity index (χ3v) is 1.77. The Morgan fingerprint density at radius 2 is 1.54 bits per heavy atom. The molecule has 2 rings (SSSR count). The minimum atomic E-state index is -0.868. The predicted molar refractivity (Wildman–Crippen MR) is 43.3 cm³/mol. The van der Waals surface area contributed by atoms with Crippen LogP contribution in [0.5, 0.6) is 0 Å². The zero-order valence-corrected chi connectivity index (χ0v) is 7.07. The molecule has 0 radical (unpaired) electrons. The van der Waals surface area contributed by atoms with Crippen molar-refractivity contribution >= 4 is 0 Å². The highest BCUT2D eigenvalue weighted by atomic mass is 15.5. The van der Waals surface area contributed by atoms with Gasteiger partial charge in [-0.15, -0.1) is 0 Å². The van der Waals surface area contributed by atoms with Gasteiger partial charge in [0.1, 0.15) is 25.3 Å². The average molecular weight is 179 g/mol. The fourth-order valence-electron chi connectivity index (χ4n) is 0.989. The Morgan fingerprint density at radius 3 is 1.85 bits per heavy atom. The first-order chi connectivity index (χ1) is 6.21. The molecule has 0 saturated heterocycles. The van der Waals surface area contributed by atoms with E-state index in [9.17, 15) is 0 Å². The zero-order valence-electron chi connectivity index (χ0n) is 7.07. The molecule has 7 nitrogen and oxygen atoms in total. The summed E-state index contributed by atoms with van der Waals surface area (Å²) in [5, 5.41) is 7.87. The summed E-state index contributed by atoms with van der Waals surface area (Å²) >= 11 is 0. The van der Waals surface area contributed by atoms with Crippen molar-refractivity contribution in [2.24, 2.45) is 5.73 Å². The molecule has 2 aromatic heterocycles. The van der Waals surface area contributed by atoms with Gasteiger partial charge in [-0.1, -0.05) is 0 Å². The van der Waals surface area contributed by atoms with E-state index in [1.54, 1.807) is 6.92 Å². The summed E-state index contributed by atoms with van der Waals surface area (Å²) in [6.07, 6.45) is 5.90. The SMILES string of the molecule is CC(N)(n1cncn1)n1cncn1. The monoisotopic (exact) mass is 179 g/mol. The van der Waals surface area contributed by atoms with E-state index in [4.69, 9.17) is 5.73 Å². The molecule has 2 heterocycles. The van der Waals surface area contributed by atoms with Gasteiger partial charge in [-0.05, 0) is 6.92 Å². The first-order valence-corrected chi connectivity index (χ1v) is 3.70. The number of hydrogen-bond acceptors (Lipinski definition) is 5. The molecule has 7 heteroatoms. The molecular weight excluding hydrogens is 170 g/mol. The molecule has 2 aromatic rings. The minimum absolute atomic E-state index is 0.868. The van der Waals surface area contributed by atoms with E-state index >= 15 is 0 Å². The van der Waals surface area contributed by atoms with Gasteiger partial charge >= 0.3 is 0 Å². The van der Waals surface area contributed by atoms with Crippen LogP contribution in [-0.2, 0) is 5.79 Å². The Hall–Kier alpha value is -1.76. The van der Waals surface area contributed by atoms with Gasteiger partial charge < -0.3 is 0 Å². The van der Waals surface area contributed by atoms with Crippen molar-refractivity contribution in [2.45, 2.75) is 12.7 Å². The second-order valence-electron chi connectivity index (χ2n) is 2.77. The Kier molecular flexibility index (Phi) is 1.59. The van der Waals surface area contributed by atoms with Crippen LogP contribution in [0.2, 0.25) is 0 Å². The van der Waals surface area contributed by atoms with Gasteiger partial charge in [0.2, 0.25) is 5.79 Å². The highest BCUT2D eigenvalue weighted by Crippen LogP contribution is 2.06. The van der Waals surface area contributed by atoms with E-state index in [1.165, 1.54) is 34.7 Å². The van der Waals surface area contributed by atoms with Crippen LogP contribution in [0, 0.1) is 0 Å². The number of aromatic nitrogens is 6. The Morgan fingerprint density at radius 1 is 1.08 bits per heavy atom. The molecule has 0 aliphatic carbocycles. The maximum atomic E-state index is 5.97. The average Bonchev–Trinajstić information content (AvgIpc) is 2.78. The molecule has 0 saturated carbocycles. The van der Waals surface area contributed by atoms with Crippen LogP contribution < -0.4 is 5.73 Å². The van der Waals surface area contributed by atoms with Crippen molar-refractivity contribution in [3.05, 3.63) is 25.3 Å². The molecular formula is C6H9N7. The lowest BCUT2D eigenvalue weighted by atomic mass is 10.4. The predicted octanol–water partition coefficient (Wildman–Crippen LogP) is -0.993. The van der Waals surface area contributed by atoms with Crippen LogP contribution in [0.3, 0.4) is 0 Å². The van der Waals surface area contributed by atoms with E-state index in [1.807, 2.05) is 0 Å². The van der Waals surface area contributed by atoms with Gasteiger partial charge in [0.15, 0.2) is 0 Å². The third-order valence-electron chi connectivity index (χ3n) is 1.77. The number of rotatable bonds is 2. The van der Waals surface area contributed by atoms with Crippen LogP contribution in [0.25, 0.3) is 0 Å². The zero-order chi connectivity index (χ0) is 9.31. The second-order valence-corrected chi connectivity index (χ2v) is 2.77. The lowest BCUT2D eigenvalue weighted by Crippen LogP contribution is -2.47. The molecule has 0 fully saturated rings. The lowest BCUT2D eigenvalue weighted by Gasteiger charge is -2.23. The van der Waals surface area contributed by atoms with E-state index in [2.05, 4.69) is 20.2 Å². The molecule has 0 atom stereocenters. The van der Waals surface area contributed by atoms with Crippen molar-refractivity contribution in [2.75, 3.05) is 0 Å². The minimum Gasteiger partial charge on any atom is -0.288 e. The van der Waals surface area contributed by atoms with E-state index in [0.29, 0.717) is 0 Å². The smallest absolute Gasteiger partial charge is 0.206 e. The van der Waals surface area contributed by atoms with E-state index < -0.39 is 5.79 Å². The van der Waals surface area contributed by atoms with Crippen molar-refractivity contribution in [3.8, 4) is 0 Å². The molecule has 13 heavy (non-hydrogen) atoms. The Labute approximate surface area is 74.2 Å². The Bertz CT molecular complexity index is 323. The summed E-state index contributed by atoms with van der Waals surface area (Å²) in [6.45, 7) is 1.76. The standard InChI is InChI=1S/C6H9N7/c1-6(7,12-4-8-2-10-12)13-5-9-3-11-13/h2-5H,7H2,1H3. The summed E-state index contributed by atoms with van der Waals surface area (Å²) in [4.78, 5) is 7.62. The van der Waals surface area contributed by atoms with Crippen molar-refractivity contribution in [3.63, 3.8) is 0 Å². The van der Waals surface area contributed by atoms with Gasteiger partial charge in [-0.25, -0.2) is 19.3 Å². The van der Waals surface area contributed by atoms with E-state index in [0.717, 1.165) is 0 Å². The highest BCUT2D eigenvalue weighted by Gasteiger charge is 2.24. The highest BCUT2D eigenvalue weighted by molar-refractivity contribution is 4.77. The lowest BCUT2D eigenvalue weighted by molar-refractivity contribution is 0.215. The van der Waals surface area contributed by atoms with Gasteiger partial charge in [-0.3, -0.25) is 5.73 Å². The van der Waals surface area contributed by atoms with Crippen molar-refractivity contribution in [1.82, 2.24) is 29.5 Å². The van der Waals surface area contributed by atoms with Crippen LogP contribution in [0.1, 0.15) is 6.92 Å². The summed E-state index contributed by atoms with van der Waals surface area (Å²) in [6, 6.07) is 0. The molecule has 0 bridgehead atoms. The van der Waals surface area contributed by atoms with Gasteiger partial charge in [0.25, 0.3) is 0 Å². The molecule has 68 valence electrons. The number of nitrogens with zero attached hydrogens (tertiary/aromatic N) is 6. The molecule has 0 amide bonds. The van der Waals surface area contributed by atoms with Gasteiger partial charge in [-0.2, -0.15) is 10.2 Å². The third kappa shape index (κ3) is 1.18. The largest absolute Gasteiger partial charge is 0.288 e. The maximum absolute atomic E-state index is 5.97. The van der Waals surface area contributed by atoms with Gasteiger partial charge in [0, 0.05) is 0 Å². The first kappa shape index (κ1) is 7.87. The van der Waals surface area contributed by atoms with Crippen LogP contribution in [-0.4, -0.2) is 29.5 Å². The van der Waals surface area contributed by atoms with Crippen LogP contribution in [0.4, 0.5) is 0 Å². The van der Waals surface area contributed by atoms with Crippen LogP contribution >= 0.6 is 0 Å². The van der Waals surface area contributed by atoms with Gasteiger partial charge in [0.05, 0.1) is 0 Å². The number of hydrogen-bond donors (Lipinski definition) is 1. The number of nitrogens with two attached hydrogens (primary N) is 1. The summed E-state index contributed by atoms with van der Waals surface area (Å²) < 4.78 is 3.00. The molecule has 0 aromatic carbocycles.